The Labute approximate surface area is 185 Å². The van der Waals surface area contributed by atoms with Gasteiger partial charge in [0.2, 0.25) is 0 Å². The number of ether oxygens (including phenoxy) is 1. The van der Waals surface area contributed by atoms with E-state index in [1.807, 2.05) is 41.3 Å². The molecule has 1 fully saturated rings. The first-order valence-electron chi connectivity index (χ1n) is 11.2. The van der Waals surface area contributed by atoms with Gasteiger partial charge in [-0.1, -0.05) is 52.0 Å². The molecule has 1 N–H and O–H groups in total. The Morgan fingerprint density at radius 3 is 2.35 bits per heavy atom. The topological polar surface area (TPSA) is 58.6 Å². The molecule has 2 aromatic rings. The second-order valence-corrected chi connectivity index (χ2v) is 9.12. The molecular weight excluding hydrogens is 388 g/mol. The molecule has 2 aromatic carbocycles. The van der Waals surface area contributed by atoms with Gasteiger partial charge in [0.15, 0.2) is 6.61 Å². The van der Waals surface area contributed by atoms with Crippen LogP contribution in [0.4, 0.5) is 5.69 Å². The highest BCUT2D eigenvalue weighted by molar-refractivity contribution is 6.04. The molecule has 0 atom stereocenters. The fourth-order valence-electron chi connectivity index (χ4n) is 3.70. The minimum atomic E-state index is -0.287. The first-order chi connectivity index (χ1) is 14.8. The van der Waals surface area contributed by atoms with Crippen molar-refractivity contribution in [3.05, 3.63) is 59.7 Å². The summed E-state index contributed by atoms with van der Waals surface area (Å²) in [5.41, 5.74) is 2.40. The second-order valence-electron chi connectivity index (χ2n) is 9.12. The van der Waals surface area contributed by atoms with Crippen molar-refractivity contribution in [3.63, 3.8) is 0 Å². The van der Waals surface area contributed by atoms with Crippen LogP contribution in [0.3, 0.4) is 0 Å². The molecular formula is C26H34N2O3. The van der Waals surface area contributed by atoms with Crippen LogP contribution in [0.2, 0.25) is 0 Å². The Balaban J connectivity index is 1.59. The monoisotopic (exact) mass is 422 g/mol. The minimum Gasteiger partial charge on any atom is -0.484 e. The number of rotatable bonds is 7. The van der Waals surface area contributed by atoms with Crippen molar-refractivity contribution in [1.82, 2.24) is 4.90 Å². The van der Waals surface area contributed by atoms with E-state index < -0.39 is 0 Å². The molecule has 1 heterocycles. The van der Waals surface area contributed by atoms with E-state index in [4.69, 9.17) is 4.74 Å². The summed E-state index contributed by atoms with van der Waals surface area (Å²) in [5.74, 6) is 0.985. The number of nitrogens with one attached hydrogen (secondary N) is 1. The fraction of sp³-hybridized carbons (Fsp3) is 0.462. The van der Waals surface area contributed by atoms with E-state index in [0.717, 1.165) is 32.4 Å². The normalized spacial score (nSPS) is 14.9. The van der Waals surface area contributed by atoms with E-state index in [-0.39, 0.29) is 23.8 Å². The van der Waals surface area contributed by atoms with Gasteiger partial charge in [-0.3, -0.25) is 9.59 Å². The van der Waals surface area contributed by atoms with E-state index in [9.17, 15) is 9.59 Å². The zero-order chi connectivity index (χ0) is 22.4. The average Bonchev–Trinajstić information content (AvgIpc) is 2.78. The summed E-state index contributed by atoms with van der Waals surface area (Å²) in [6.07, 6.45) is 3.08. The van der Waals surface area contributed by atoms with Gasteiger partial charge in [-0.25, -0.2) is 0 Å². The summed E-state index contributed by atoms with van der Waals surface area (Å²) in [6, 6.07) is 15.1. The first kappa shape index (κ1) is 22.9. The van der Waals surface area contributed by atoms with Gasteiger partial charge in [0, 0.05) is 13.1 Å². The lowest BCUT2D eigenvalue weighted by Gasteiger charge is -2.30. The van der Waals surface area contributed by atoms with E-state index in [2.05, 4.69) is 33.0 Å². The lowest BCUT2D eigenvalue weighted by Crippen LogP contribution is -2.38. The van der Waals surface area contributed by atoms with Crippen LogP contribution in [0.5, 0.6) is 5.75 Å². The second kappa shape index (κ2) is 9.99. The molecule has 0 aromatic heterocycles. The summed E-state index contributed by atoms with van der Waals surface area (Å²) >= 11 is 0. The molecule has 0 aliphatic carbocycles. The van der Waals surface area contributed by atoms with Gasteiger partial charge in [0.1, 0.15) is 5.75 Å². The number of hydrogen-bond acceptors (Lipinski definition) is 3. The molecule has 1 saturated heterocycles. The number of amides is 2. The quantitative estimate of drug-likeness (QED) is 0.662. The van der Waals surface area contributed by atoms with E-state index in [0.29, 0.717) is 22.9 Å². The Hall–Kier alpha value is -2.82. The number of hydrogen-bond donors (Lipinski definition) is 1. The number of benzene rings is 2. The number of nitrogens with zero attached hydrogens (tertiary/aromatic N) is 1. The molecule has 1 aliphatic heterocycles. The van der Waals surface area contributed by atoms with Gasteiger partial charge >= 0.3 is 0 Å². The largest absolute Gasteiger partial charge is 0.484 e. The van der Waals surface area contributed by atoms with Gasteiger partial charge in [-0.15, -0.1) is 0 Å². The number of piperidine rings is 1. The molecule has 0 unspecified atom stereocenters. The van der Waals surface area contributed by atoms with Gasteiger partial charge in [0.05, 0.1) is 11.3 Å². The molecule has 0 spiro atoms. The van der Waals surface area contributed by atoms with Crippen LogP contribution in [0.25, 0.3) is 0 Å². The van der Waals surface area contributed by atoms with Crippen molar-refractivity contribution in [2.75, 3.05) is 25.0 Å². The van der Waals surface area contributed by atoms with Crippen LogP contribution >= 0.6 is 0 Å². The summed E-state index contributed by atoms with van der Waals surface area (Å²) < 4.78 is 5.66. The Morgan fingerprint density at radius 2 is 1.71 bits per heavy atom. The van der Waals surface area contributed by atoms with Crippen LogP contribution in [0.15, 0.2) is 48.5 Å². The van der Waals surface area contributed by atoms with Crippen LogP contribution in [-0.4, -0.2) is 36.4 Å². The van der Waals surface area contributed by atoms with Gasteiger partial charge in [-0.2, -0.15) is 0 Å². The SMILES string of the molecule is CCC(C)(C)c1ccc(OCC(=O)Nc2ccccc2C(=O)N2CCC(C)CC2)cc1. The number of carbonyl (C=O) groups is 2. The Bertz CT molecular complexity index is 897. The number of likely N-dealkylation sites (tertiary alicyclic amines) is 1. The molecule has 1 aliphatic rings. The van der Waals surface area contributed by atoms with Gasteiger partial charge < -0.3 is 15.0 Å². The van der Waals surface area contributed by atoms with E-state index in [1.54, 1.807) is 12.1 Å². The smallest absolute Gasteiger partial charge is 0.262 e. The lowest BCUT2D eigenvalue weighted by molar-refractivity contribution is -0.118. The summed E-state index contributed by atoms with van der Waals surface area (Å²) in [5, 5.41) is 2.84. The van der Waals surface area contributed by atoms with Gasteiger partial charge in [-0.05, 0) is 60.4 Å². The highest BCUT2D eigenvalue weighted by Gasteiger charge is 2.23. The first-order valence-corrected chi connectivity index (χ1v) is 11.2. The van der Waals surface area contributed by atoms with Crippen molar-refractivity contribution in [2.24, 2.45) is 5.92 Å². The van der Waals surface area contributed by atoms with Crippen LogP contribution in [-0.2, 0) is 10.2 Å². The third kappa shape index (κ3) is 5.87. The lowest BCUT2D eigenvalue weighted by atomic mass is 9.82. The predicted molar refractivity (Wildman–Crippen MR) is 125 cm³/mol. The molecule has 166 valence electrons. The summed E-state index contributed by atoms with van der Waals surface area (Å²) in [6.45, 7) is 10.2. The zero-order valence-electron chi connectivity index (χ0n) is 19.1. The summed E-state index contributed by atoms with van der Waals surface area (Å²) in [4.78, 5) is 27.3. The predicted octanol–water partition coefficient (Wildman–Crippen LogP) is 5.26. The number of carbonyl (C=O) groups excluding carboxylic acids is 2. The zero-order valence-corrected chi connectivity index (χ0v) is 19.1. The maximum absolute atomic E-state index is 13.0. The minimum absolute atomic E-state index is 0.0298. The van der Waals surface area contributed by atoms with Crippen LogP contribution in [0.1, 0.15) is 62.9 Å². The van der Waals surface area contributed by atoms with E-state index >= 15 is 0 Å². The van der Waals surface area contributed by atoms with Crippen molar-refractivity contribution >= 4 is 17.5 Å². The molecule has 3 rings (SSSR count). The molecule has 5 nitrogen and oxygen atoms in total. The number of anilines is 1. The van der Waals surface area contributed by atoms with Crippen molar-refractivity contribution in [3.8, 4) is 5.75 Å². The maximum Gasteiger partial charge on any atom is 0.262 e. The van der Waals surface area contributed by atoms with Gasteiger partial charge in [0.25, 0.3) is 11.8 Å². The van der Waals surface area contributed by atoms with Crippen LogP contribution in [0, 0.1) is 5.92 Å². The van der Waals surface area contributed by atoms with Crippen LogP contribution < -0.4 is 10.1 Å². The van der Waals surface area contributed by atoms with Crippen molar-refractivity contribution < 1.29 is 14.3 Å². The molecule has 0 saturated carbocycles. The summed E-state index contributed by atoms with van der Waals surface area (Å²) in [7, 11) is 0. The highest BCUT2D eigenvalue weighted by atomic mass is 16.5. The standard InChI is InChI=1S/C26H34N2O3/c1-5-26(3,4)20-10-12-21(13-11-20)31-18-24(29)27-23-9-7-6-8-22(23)25(30)28-16-14-19(2)15-17-28/h6-13,19H,5,14-18H2,1-4H3,(H,27,29). The average molecular weight is 423 g/mol. The Morgan fingerprint density at radius 1 is 1.06 bits per heavy atom. The molecule has 0 bridgehead atoms. The number of para-hydroxylation sites is 1. The van der Waals surface area contributed by atoms with E-state index in [1.165, 1.54) is 5.56 Å². The third-order valence-corrected chi connectivity index (χ3v) is 6.39. The maximum atomic E-state index is 13.0. The fourth-order valence-corrected chi connectivity index (χ4v) is 3.70. The molecule has 31 heavy (non-hydrogen) atoms. The van der Waals surface area contributed by atoms with Crippen molar-refractivity contribution in [2.45, 2.75) is 52.4 Å². The Kier molecular flexibility index (Phi) is 7.37. The molecule has 2 amide bonds. The third-order valence-electron chi connectivity index (χ3n) is 6.39. The molecule has 5 heteroatoms. The highest BCUT2D eigenvalue weighted by Crippen LogP contribution is 2.28. The molecule has 0 radical (unpaired) electrons. The van der Waals surface area contributed by atoms with Crippen molar-refractivity contribution in [1.29, 1.82) is 0 Å².